The van der Waals surface area contributed by atoms with E-state index in [1.807, 2.05) is 11.8 Å². The number of thioether (sulfide) groups is 1. The average Bonchev–Trinajstić information content (AvgIpc) is 3.02. The molecule has 2 fully saturated rings. The monoisotopic (exact) mass is 267 g/mol. The Hall–Kier alpha value is -0.180. The smallest absolute Gasteiger partial charge is 0.0444 e. The third-order valence-corrected chi connectivity index (χ3v) is 5.35. The van der Waals surface area contributed by atoms with Gasteiger partial charge in [0.2, 0.25) is 0 Å². The van der Waals surface area contributed by atoms with Crippen LogP contribution in [0.2, 0.25) is 5.02 Å². The first-order chi connectivity index (χ1) is 8.34. The molecule has 2 unspecified atom stereocenters. The molecule has 3 heteroatoms. The van der Waals surface area contributed by atoms with Gasteiger partial charge >= 0.3 is 0 Å². The predicted molar refractivity (Wildman–Crippen MR) is 76.1 cm³/mol. The van der Waals surface area contributed by atoms with E-state index in [0.29, 0.717) is 12.0 Å². The van der Waals surface area contributed by atoms with Crippen LogP contribution in [0.1, 0.15) is 42.3 Å². The van der Waals surface area contributed by atoms with Crippen molar-refractivity contribution in [2.24, 2.45) is 0 Å². The van der Waals surface area contributed by atoms with Crippen molar-refractivity contribution < 1.29 is 0 Å². The fraction of sp³-hybridized carbons (Fsp3) is 0.571. The van der Waals surface area contributed by atoms with Gasteiger partial charge in [0, 0.05) is 16.8 Å². The minimum atomic E-state index is 0.527. The fourth-order valence-corrected chi connectivity index (χ4v) is 4.43. The first-order valence-corrected chi connectivity index (χ1v) is 7.98. The molecule has 0 radical (unpaired) electrons. The summed E-state index contributed by atoms with van der Waals surface area (Å²) in [6.07, 6.45) is 3.81. The first kappa shape index (κ1) is 11.9. The number of benzene rings is 1. The highest BCUT2D eigenvalue weighted by Gasteiger charge is 2.22. The van der Waals surface area contributed by atoms with E-state index in [1.165, 1.54) is 41.9 Å². The van der Waals surface area contributed by atoms with Gasteiger partial charge < -0.3 is 5.32 Å². The molecule has 2 aliphatic rings. The normalized spacial score (nSPS) is 28.8. The molecule has 0 aliphatic carbocycles. The van der Waals surface area contributed by atoms with Crippen LogP contribution in [0.5, 0.6) is 0 Å². The second-order valence-corrected chi connectivity index (χ2v) is 6.55. The Labute approximate surface area is 112 Å². The van der Waals surface area contributed by atoms with Crippen LogP contribution in [0.3, 0.4) is 0 Å². The Morgan fingerprint density at radius 2 is 2.24 bits per heavy atom. The van der Waals surface area contributed by atoms with E-state index in [-0.39, 0.29) is 0 Å². The second-order valence-electron chi connectivity index (χ2n) is 4.99. The van der Waals surface area contributed by atoms with Crippen molar-refractivity contribution in [1.29, 1.82) is 0 Å². The Balaban J connectivity index is 1.82. The van der Waals surface area contributed by atoms with E-state index in [4.69, 9.17) is 11.6 Å². The molecule has 2 saturated heterocycles. The summed E-state index contributed by atoms with van der Waals surface area (Å²) < 4.78 is 0. The Morgan fingerprint density at radius 1 is 1.29 bits per heavy atom. The highest BCUT2D eigenvalue weighted by molar-refractivity contribution is 7.99. The number of halogens is 1. The molecule has 2 atom stereocenters. The van der Waals surface area contributed by atoms with Crippen LogP contribution in [-0.4, -0.2) is 18.1 Å². The molecule has 17 heavy (non-hydrogen) atoms. The van der Waals surface area contributed by atoms with Crippen LogP contribution in [0.15, 0.2) is 18.2 Å². The summed E-state index contributed by atoms with van der Waals surface area (Å²) >= 11 is 8.50. The van der Waals surface area contributed by atoms with Crippen molar-refractivity contribution in [3.05, 3.63) is 34.3 Å². The lowest BCUT2D eigenvalue weighted by Crippen LogP contribution is -2.13. The van der Waals surface area contributed by atoms with Crippen LogP contribution in [0.4, 0.5) is 0 Å². The summed E-state index contributed by atoms with van der Waals surface area (Å²) in [5, 5.41) is 4.50. The molecule has 1 aromatic rings. The van der Waals surface area contributed by atoms with Crippen molar-refractivity contribution in [3.63, 3.8) is 0 Å². The second kappa shape index (κ2) is 5.21. The van der Waals surface area contributed by atoms with Crippen molar-refractivity contribution in [2.75, 3.05) is 18.1 Å². The van der Waals surface area contributed by atoms with Gasteiger partial charge in [0.05, 0.1) is 0 Å². The molecule has 0 bridgehead atoms. The highest BCUT2D eigenvalue weighted by Crippen LogP contribution is 2.37. The van der Waals surface area contributed by atoms with Crippen LogP contribution >= 0.6 is 23.4 Å². The van der Waals surface area contributed by atoms with Gasteiger partial charge in [-0.2, -0.15) is 11.8 Å². The predicted octanol–water partition coefficient (Wildman–Crippen LogP) is 3.99. The van der Waals surface area contributed by atoms with E-state index in [2.05, 4.69) is 23.5 Å². The summed E-state index contributed by atoms with van der Waals surface area (Å²) in [7, 11) is 0. The molecule has 3 rings (SSSR count). The minimum absolute atomic E-state index is 0.527. The van der Waals surface area contributed by atoms with Gasteiger partial charge in [0.15, 0.2) is 0 Å². The summed E-state index contributed by atoms with van der Waals surface area (Å²) in [6, 6.07) is 7.24. The van der Waals surface area contributed by atoms with Gasteiger partial charge in [-0.1, -0.05) is 23.7 Å². The lowest BCUT2D eigenvalue weighted by atomic mass is 9.95. The van der Waals surface area contributed by atoms with Crippen LogP contribution in [0, 0.1) is 0 Å². The maximum absolute atomic E-state index is 6.45. The third kappa shape index (κ3) is 2.49. The van der Waals surface area contributed by atoms with Crippen LogP contribution in [0.25, 0.3) is 0 Å². The minimum Gasteiger partial charge on any atom is -0.310 e. The van der Waals surface area contributed by atoms with Gasteiger partial charge in [-0.25, -0.2) is 0 Å². The molecule has 2 heterocycles. The van der Waals surface area contributed by atoms with Gasteiger partial charge in [-0.05, 0) is 54.7 Å². The van der Waals surface area contributed by atoms with Gasteiger partial charge in [0.25, 0.3) is 0 Å². The highest BCUT2D eigenvalue weighted by atomic mass is 35.5. The molecule has 0 saturated carbocycles. The van der Waals surface area contributed by atoms with Crippen LogP contribution < -0.4 is 5.32 Å². The molecular weight excluding hydrogens is 250 g/mol. The molecule has 0 aromatic heterocycles. The first-order valence-electron chi connectivity index (χ1n) is 6.45. The number of hydrogen-bond donors (Lipinski definition) is 1. The standard InChI is InChI=1S/C14H18ClNS/c15-13-8-10(14-2-1-6-16-14)3-4-12(13)11-5-7-17-9-11/h3-4,8,11,14,16H,1-2,5-7,9H2. The molecular formula is C14H18ClNS. The van der Waals surface area contributed by atoms with E-state index in [1.54, 1.807) is 0 Å². The molecule has 2 aliphatic heterocycles. The van der Waals surface area contributed by atoms with E-state index < -0.39 is 0 Å². The zero-order valence-corrected chi connectivity index (χ0v) is 11.5. The lowest BCUT2D eigenvalue weighted by molar-refractivity contribution is 0.647. The molecule has 1 aromatic carbocycles. The quantitative estimate of drug-likeness (QED) is 0.870. The Kier molecular flexibility index (Phi) is 3.64. The third-order valence-electron chi connectivity index (χ3n) is 3.86. The zero-order chi connectivity index (χ0) is 11.7. The van der Waals surface area contributed by atoms with E-state index >= 15 is 0 Å². The topological polar surface area (TPSA) is 12.0 Å². The number of rotatable bonds is 2. The van der Waals surface area contributed by atoms with Crippen molar-refractivity contribution in [3.8, 4) is 0 Å². The molecule has 92 valence electrons. The largest absolute Gasteiger partial charge is 0.310 e. The Morgan fingerprint density at radius 3 is 2.88 bits per heavy atom. The lowest BCUT2D eigenvalue weighted by Gasteiger charge is -2.15. The van der Waals surface area contributed by atoms with E-state index in [9.17, 15) is 0 Å². The summed E-state index contributed by atoms with van der Waals surface area (Å²) in [5.41, 5.74) is 2.72. The average molecular weight is 268 g/mol. The summed E-state index contributed by atoms with van der Waals surface area (Å²) in [6.45, 7) is 1.14. The molecule has 0 amide bonds. The maximum atomic E-state index is 6.45. The van der Waals surface area contributed by atoms with Gasteiger partial charge in [0.1, 0.15) is 0 Å². The van der Waals surface area contributed by atoms with Gasteiger partial charge in [-0.3, -0.25) is 0 Å². The fourth-order valence-electron chi connectivity index (χ4n) is 2.84. The van der Waals surface area contributed by atoms with Gasteiger partial charge in [-0.15, -0.1) is 0 Å². The molecule has 0 spiro atoms. The van der Waals surface area contributed by atoms with Crippen molar-refractivity contribution >= 4 is 23.4 Å². The SMILES string of the molecule is Clc1cc(C2CCCN2)ccc1C1CCSC1. The molecule has 1 N–H and O–H groups in total. The number of hydrogen-bond acceptors (Lipinski definition) is 2. The molecule has 1 nitrogen and oxygen atoms in total. The zero-order valence-electron chi connectivity index (χ0n) is 9.92. The van der Waals surface area contributed by atoms with Crippen molar-refractivity contribution in [2.45, 2.75) is 31.2 Å². The summed E-state index contributed by atoms with van der Waals surface area (Å²) in [5.74, 6) is 3.20. The van der Waals surface area contributed by atoms with Crippen molar-refractivity contribution in [1.82, 2.24) is 5.32 Å². The Bertz CT molecular complexity index is 395. The number of nitrogens with one attached hydrogen (secondary N) is 1. The van der Waals surface area contributed by atoms with Crippen LogP contribution in [-0.2, 0) is 0 Å². The summed E-state index contributed by atoms with van der Waals surface area (Å²) in [4.78, 5) is 0. The van der Waals surface area contributed by atoms with E-state index in [0.717, 1.165) is 11.6 Å². The maximum Gasteiger partial charge on any atom is 0.0444 e.